The molecule has 4 aromatic rings. The summed E-state index contributed by atoms with van der Waals surface area (Å²) in [7, 11) is 2.57. The molecule has 0 aliphatic carbocycles. The highest BCUT2D eigenvalue weighted by atomic mass is 31.2. The number of H-pyrrole nitrogens is 1. The Hall–Kier alpha value is -2.73. The van der Waals surface area contributed by atoms with Gasteiger partial charge in [0.25, 0.3) is 0 Å². The fraction of sp³-hybridized carbons (Fsp3) is 0.238. The van der Waals surface area contributed by atoms with Gasteiger partial charge in [-0.2, -0.15) is 5.10 Å². The topological polar surface area (TPSA) is 68.2 Å². The molecule has 0 radical (unpaired) electrons. The van der Waals surface area contributed by atoms with Gasteiger partial charge in [0.1, 0.15) is 18.4 Å². The average molecular weight is 409 g/mol. The zero-order valence-electron chi connectivity index (χ0n) is 16.5. The number of likely N-dealkylation sites (N-methyl/N-ethyl adjacent to an activating group) is 1. The van der Waals surface area contributed by atoms with Crippen LogP contribution in [0.4, 0.5) is 0 Å². The van der Waals surface area contributed by atoms with Crippen LogP contribution in [0.1, 0.15) is 11.1 Å². The van der Waals surface area contributed by atoms with Gasteiger partial charge in [-0.05, 0) is 48.9 Å². The summed E-state index contributed by atoms with van der Waals surface area (Å²) < 4.78 is 15.6. The Kier molecular flexibility index (Phi) is 6.20. The number of rotatable bonds is 9. The predicted molar refractivity (Wildman–Crippen MR) is 115 cm³/mol. The van der Waals surface area contributed by atoms with Crippen molar-refractivity contribution in [2.45, 2.75) is 13.0 Å². The molecular weight excluding hydrogens is 385 g/mol. The van der Waals surface area contributed by atoms with Gasteiger partial charge in [0, 0.05) is 30.8 Å². The van der Waals surface area contributed by atoms with Gasteiger partial charge in [0.05, 0.1) is 6.54 Å². The minimum absolute atomic E-state index is 0.709. The highest BCUT2D eigenvalue weighted by Crippen LogP contribution is 2.41. The van der Waals surface area contributed by atoms with Crippen LogP contribution >= 0.6 is 8.53 Å². The molecule has 2 aromatic carbocycles. The number of benzene rings is 2. The van der Waals surface area contributed by atoms with Gasteiger partial charge < -0.3 is 14.0 Å². The highest BCUT2D eigenvalue weighted by Gasteiger charge is 2.18. The van der Waals surface area contributed by atoms with Crippen LogP contribution in [0, 0.1) is 0 Å². The smallest absolute Gasteiger partial charge is 0.320 e. The summed E-state index contributed by atoms with van der Waals surface area (Å²) in [6.45, 7) is 1.53. The molecule has 1 N–H and O–H groups in total. The lowest BCUT2D eigenvalue weighted by atomic mass is 10.1. The molecule has 4 rings (SSSR count). The fourth-order valence-corrected chi connectivity index (χ4v) is 4.27. The zero-order valence-corrected chi connectivity index (χ0v) is 17.4. The number of aromatic nitrogens is 4. The lowest BCUT2D eigenvalue weighted by Crippen LogP contribution is -2.18. The van der Waals surface area contributed by atoms with Crippen LogP contribution in [0.15, 0.2) is 67.4 Å². The molecule has 0 saturated carbocycles. The van der Waals surface area contributed by atoms with Crippen molar-refractivity contribution in [3.8, 4) is 5.75 Å². The summed E-state index contributed by atoms with van der Waals surface area (Å²) in [6, 6.07) is 16.2. The molecule has 0 aliphatic rings. The molecule has 29 heavy (non-hydrogen) atoms. The highest BCUT2D eigenvalue weighted by molar-refractivity contribution is 7.44. The first kappa shape index (κ1) is 19.6. The molecule has 0 spiro atoms. The van der Waals surface area contributed by atoms with Gasteiger partial charge in [-0.15, -0.1) is 0 Å². The van der Waals surface area contributed by atoms with Crippen molar-refractivity contribution in [1.82, 2.24) is 24.4 Å². The van der Waals surface area contributed by atoms with E-state index in [0.717, 1.165) is 24.2 Å². The Morgan fingerprint density at radius 2 is 2.03 bits per heavy atom. The third-order valence-corrected chi connectivity index (χ3v) is 6.15. The van der Waals surface area contributed by atoms with Crippen molar-refractivity contribution < 1.29 is 9.05 Å². The van der Waals surface area contributed by atoms with E-state index >= 15 is 0 Å². The van der Waals surface area contributed by atoms with Crippen LogP contribution in [-0.4, -0.2) is 45.1 Å². The molecule has 150 valence electrons. The summed E-state index contributed by atoms with van der Waals surface area (Å²) in [5.74, 6) is 0.817. The van der Waals surface area contributed by atoms with Gasteiger partial charge in [-0.25, -0.2) is 14.3 Å². The Balaban J connectivity index is 1.43. The van der Waals surface area contributed by atoms with Crippen molar-refractivity contribution in [1.29, 1.82) is 0 Å². The monoisotopic (exact) mass is 409 g/mol. The molecule has 8 heteroatoms. The third kappa shape index (κ3) is 4.82. The fourth-order valence-electron chi connectivity index (χ4n) is 3.21. The van der Waals surface area contributed by atoms with Crippen LogP contribution in [0.2, 0.25) is 0 Å². The van der Waals surface area contributed by atoms with Crippen molar-refractivity contribution in [3.05, 3.63) is 78.5 Å². The molecule has 1 unspecified atom stereocenters. The molecule has 2 heterocycles. The molecule has 1 atom stereocenters. The van der Waals surface area contributed by atoms with E-state index in [1.54, 1.807) is 19.8 Å². The van der Waals surface area contributed by atoms with Crippen molar-refractivity contribution in [2.75, 3.05) is 20.7 Å². The molecule has 0 aliphatic heterocycles. The zero-order chi connectivity index (χ0) is 20.1. The largest absolute Gasteiger partial charge is 0.436 e. The summed E-state index contributed by atoms with van der Waals surface area (Å²) in [5, 5.41) is 5.43. The first-order valence-corrected chi connectivity index (χ1v) is 10.6. The van der Waals surface area contributed by atoms with Crippen LogP contribution in [-0.2, 0) is 17.5 Å². The molecule has 0 fully saturated rings. The predicted octanol–water partition coefficient (Wildman–Crippen LogP) is 4.23. The number of nitrogens with zero attached hydrogens (tertiary/aromatic N) is 4. The summed E-state index contributed by atoms with van der Waals surface area (Å²) in [6.07, 6.45) is 6.27. The first-order chi connectivity index (χ1) is 14.2. The normalized spacial score (nSPS) is 12.5. The molecule has 0 amide bonds. The maximum atomic E-state index is 6.01. The second kappa shape index (κ2) is 9.18. The van der Waals surface area contributed by atoms with Gasteiger partial charge in [0.15, 0.2) is 0 Å². The van der Waals surface area contributed by atoms with Crippen molar-refractivity contribution >= 4 is 19.4 Å². The summed E-state index contributed by atoms with van der Waals surface area (Å²) in [5.41, 5.74) is 3.61. The minimum atomic E-state index is -1.15. The second-order valence-corrected chi connectivity index (χ2v) is 8.45. The van der Waals surface area contributed by atoms with E-state index in [1.807, 2.05) is 42.1 Å². The van der Waals surface area contributed by atoms with E-state index in [2.05, 4.69) is 44.1 Å². The Bertz CT molecular complexity index is 1040. The third-order valence-electron chi connectivity index (χ3n) is 4.71. The van der Waals surface area contributed by atoms with Crippen LogP contribution < -0.4 is 4.52 Å². The van der Waals surface area contributed by atoms with Gasteiger partial charge in [-0.3, -0.25) is 0 Å². The standard InChI is InChI=1S/C21H24N5O2P/c1-25(29(27-2)28-19-6-4-3-5-7-19)11-10-18-13-23-21-9-8-17(12-20(18)21)14-26-16-22-15-24-26/h3-9,12-13,15-16,23H,10-11,14H2,1-2H3. The van der Waals surface area contributed by atoms with E-state index in [1.165, 1.54) is 16.5 Å². The quantitative estimate of drug-likeness (QED) is 0.419. The molecular formula is C21H24N5O2P. The Labute approximate surface area is 171 Å². The number of nitrogens with one attached hydrogen (secondary N) is 1. The van der Waals surface area contributed by atoms with E-state index in [0.29, 0.717) is 6.54 Å². The number of hydrogen-bond donors (Lipinski definition) is 1. The van der Waals surface area contributed by atoms with Gasteiger partial charge in [0.2, 0.25) is 0 Å². The minimum Gasteiger partial charge on any atom is -0.436 e. The summed E-state index contributed by atoms with van der Waals surface area (Å²) >= 11 is 0. The first-order valence-electron chi connectivity index (χ1n) is 9.42. The second-order valence-electron chi connectivity index (χ2n) is 6.74. The molecule has 7 nitrogen and oxygen atoms in total. The SMILES string of the molecule is COP(Oc1ccccc1)N(C)CCc1c[nH]c2ccc(Cn3cncn3)cc12. The van der Waals surface area contributed by atoms with E-state index in [9.17, 15) is 0 Å². The maximum absolute atomic E-state index is 6.01. The number of hydrogen-bond acceptors (Lipinski definition) is 5. The Morgan fingerprint density at radius 3 is 2.79 bits per heavy atom. The van der Waals surface area contributed by atoms with E-state index in [4.69, 9.17) is 9.05 Å². The number of aromatic amines is 1. The maximum Gasteiger partial charge on any atom is 0.320 e. The summed E-state index contributed by atoms with van der Waals surface area (Å²) in [4.78, 5) is 7.38. The Morgan fingerprint density at radius 1 is 1.17 bits per heavy atom. The van der Waals surface area contributed by atoms with Crippen LogP contribution in [0.5, 0.6) is 5.75 Å². The van der Waals surface area contributed by atoms with Crippen molar-refractivity contribution in [2.24, 2.45) is 0 Å². The average Bonchev–Trinajstić information content (AvgIpc) is 3.40. The van der Waals surface area contributed by atoms with E-state index < -0.39 is 8.53 Å². The molecule has 0 saturated heterocycles. The number of para-hydroxylation sites is 1. The molecule has 0 bridgehead atoms. The molecule has 2 aromatic heterocycles. The van der Waals surface area contributed by atoms with Gasteiger partial charge >= 0.3 is 8.53 Å². The lowest BCUT2D eigenvalue weighted by molar-refractivity contribution is 0.330. The van der Waals surface area contributed by atoms with Gasteiger partial charge in [-0.1, -0.05) is 24.3 Å². The van der Waals surface area contributed by atoms with Crippen molar-refractivity contribution in [3.63, 3.8) is 0 Å². The lowest BCUT2D eigenvalue weighted by Gasteiger charge is -2.24. The van der Waals surface area contributed by atoms with Crippen LogP contribution in [0.25, 0.3) is 10.9 Å². The number of fused-ring (bicyclic) bond motifs is 1. The van der Waals surface area contributed by atoms with Crippen LogP contribution in [0.3, 0.4) is 0 Å². The van der Waals surface area contributed by atoms with E-state index in [-0.39, 0.29) is 0 Å².